The van der Waals surface area contributed by atoms with Crippen LogP contribution in [-0.4, -0.2) is 43.1 Å². The van der Waals surface area contributed by atoms with Crippen molar-refractivity contribution in [1.29, 1.82) is 0 Å². The molecule has 4 nitrogen and oxygen atoms in total. The second-order valence-electron chi connectivity index (χ2n) is 4.54. The van der Waals surface area contributed by atoms with Crippen LogP contribution in [0.15, 0.2) is 12.3 Å². The third kappa shape index (κ3) is 2.87. The van der Waals surface area contributed by atoms with Gasteiger partial charge in [-0.1, -0.05) is 0 Å². The predicted octanol–water partition coefficient (Wildman–Crippen LogP) is 2.16. The minimum Gasteiger partial charge on any atom is -0.493 e. The standard InChI is InChI=1S/C13H19ClN2O2/c1-17-12-3-5-15-11(13(12)18-2)9-16-6-4-10(7-14)8-16/h3,5,10H,4,6-9H2,1-2H3. The van der Waals surface area contributed by atoms with Gasteiger partial charge in [-0.2, -0.15) is 0 Å². The molecule has 0 radical (unpaired) electrons. The SMILES string of the molecule is COc1ccnc(CN2CCC(CCl)C2)c1OC. The summed E-state index contributed by atoms with van der Waals surface area (Å²) in [5, 5.41) is 0. The van der Waals surface area contributed by atoms with Crippen LogP contribution in [0.5, 0.6) is 11.5 Å². The second kappa shape index (κ2) is 6.25. The van der Waals surface area contributed by atoms with E-state index in [4.69, 9.17) is 21.1 Å². The number of nitrogens with zero attached hydrogens (tertiary/aromatic N) is 2. The van der Waals surface area contributed by atoms with E-state index in [1.54, 1.807) is 20.4 Å². The summed E-state index contributed by atoms with van der Waals surface area (Å²) in [6.07, 6.45) is 2.92. The predicted molar refractivity (Wildman–Crippen MR) is 71.4 cm³/mol. The topological polar surface area (TPSA) is 34.6 Å². The van der Waals surface area contributed by atoms with E-state index in [9.17, 15) is 0 Å². The average Bonchev–Trinajstić information content (AvgIpc) is 2.86. The molecule has 18 heavy (non-hydrogen) atoms. The Hall–Kier alpha value is -1.00. The van der Waals surface area contributed by atoms with Crippen molar-refractivity contribution in [2.24, 2.45) is 5.92 Å². The summed E-state index contributed by atoms with van der Waals surface area (Å²) in [5.41, 5.74) is 0.923. The van der Waals surface area contributed by atoms with Crippen molar-refractivity contribution in [2.45, 2.75) is 13.0 Å². The molecule has 1 unspecified atom stereocenters. The largest absolute Gasteiger partial charge is 0.493 e. The van der Waals surface area contributed by atoms with Gasteiger partial charge in [0.15, 0.2) is 11.5 Å². The van der Waals surface area contributed by atoms with Crippen LogP contribution in [0, 0.1) is 5.92 Å². The van der Waals surface area contributed by atoms with Gasteiger partial charge < -0.3 is 9.47 Å². The Kier molecular flexibility index (Phi) is 4.66. The van der Waals surface area contributed by atoms with Gasteiger partial charge >= 0.3 is 0 Å². The molecule has 1 aliphatic heterocycles. The summed E-state index contributed by atoms with van der Waals surface area (Å²) in [7, 11) is 3.29. The number of alkyl halides is 1. The minimum atomic E-state index is 0.600. The van der Waals surface area contributed by atoms with Crippen molar-refractivity contribution in [3.05, 3.63) is 18.0 Å². The number of hydrogen-bond donors (Lipinski definition) is 0. The normalized spacial score (nSPS) is 20.1. The zero-order chi connectivity index (χ0) is 13.0. The Labute approximate surface area is 113 Å². The van der Waals surface area contributed by atoms with Crippen LogP contribution in [-0.2, 0) is 6.54 Å². The minimum absolute atomic E-state index is 0.600. The number of likely N-dealkylation sites (tertiary alicyclic amines) is 1. The lowest BCUT2D eigenvalue weighted by atomic mass is 10.2. The van der Waals surface area contributed by atoms with Gasteiger partial charge in [0.2, 0.25) is 0 Å². The summed E-state index contributed by atoms with van der Waals surface area (Å²) in [6.45, 7) is 2.89. The molecule has 2 rings (SSSR count). The highest BCUT2D eigenvalue weighted by atomic mass is 35.5. The van der Waals surface area contributed by atoms with Crippen molar-refractivity contribution in [3.63, 3.8) is 0 Å². The molecular weight excluding hydrogens is 252 g/mol. The zero-order valence-corrected chi connectivity index (χ0v) is 11.6. The van der Waals surface area contributed by atoms with Crippen LogP contribution in [0.3, 0.4) is 0 Å². The van der Waals surface area contributed by atoms with E-state index in [1.807, 2.05) is 6.07 Å². The summed E-state index contributed by atoms with van der Waals surface area (Å²) in [4.78, 5) is 6.75. The zero-order valence-electron chi connectivity index (χ0n) is 10.9. The molecule has 0 spiro atoms. The fourth-order valence-electron chi connectivity index (χ4n) is 2.36. The van der Waals surface area contributed by atoms with Crippen LogP contribution in [0.4, 0.5) is 0 Å². The van der Waals surface area contributed by atoms with Gasteiger partial charge in [0.25, 0.3) is 0 Å². The molecule has 2 heterocycles. The summed E-state index contributed by atoms with van der Waals surface area (Å²) >= 11 is 5.90. The summed E-state index contributed by atoms with van der Waals surface area (Å²) < 4.78 is 10.7. The molecule has 100 valence electrons. The smallest absolute Gasteiger partial charge is 0.183 e. The molecular formula is C13H19ClN2O2. The maximum absolute atomic E-state index is 5.90. The van der Waals surface area contributed by atoms with Crippen molar-refractivity contribution in [3.8, 4) is 11.5 Å². The summed E-state index contributed by atoms with van der Waals surface area (Å²) in [6, 6.07) is 1.81. The van der Waals surface area contributed by atoms with E-state index in [-0.39, 0.29) is 0 Å². The Morgan fingerprint density at radius 1 is 1.44 bits per heavy atom. The van der Waals surface area contributed by atoms with Crippen molar-refractivity contribution in [2.75, 3.05) is 33.2 Å². The Morgan fingerprint density at radius 3 is 2.89 bits per heavy atom. The van der Waals surface area contributed by atoms with E-state index in [2.05, 4.69) is 9.88 Å². The molecule has 1 aromatic heterocycles. The van der Waals surface area contributed by atoms with Gasteiger partial charge in [-0.25, -0.2) is 0 Å². The lowest BCUT2D eigenvalue weighted by Crippen LogP contribution is -2.21. The first-order chi connectivity index (χ1) is 8.78. The summed E-state index contributed by atoms with van der Waals surface area (Å²) in [5.74, 6) is 2.80. The first-order valence-electron chi connectivity index (χ1n) is 6.12. The number of pyridine rings is 1. The number of methoxy groups -OCH3 is 2. The monoisotopic (exact) mass is 270 g/mol. The third-order valence-corrected chi connectivity index (χ3v) is 3.76. The van der Waals surface area contributed by atoms with E-state index in [1.165, 1.54) is 0 Å². The first kappa shape index (κ1) is 13.4. The first-order valence-corrected chi connectivity index (χ1v) is 6.66. The van der Waals surface area contributed by atoms with Gasteiger partial charge in [-0.15, -0.1) is 11.6 Å². The highest BCUT2D eigenvalue weighted by molar-refractivity contribution is 6.18. The second-order valence-corrected chi connectivity index (χ2v) is 4.85. The van der Waals surface area contributed by atoms with Crippen LogP contribution >= 0.6 is 11.6 Å². The molecule has 0 saturated carbocycles. The molecule has 1 fully saturated rings. The quantitative estimate of drug-likeness (QED) is 0.768. The molecule has 0 bridgehead atoms. The maximum Gasteiger partial charge on any atom is 0.183 e. The molecule has 0 aliphatic carbocycles. The highest BCUT2D eigenvalue weighted by Gasteiger charge is 2.23. The van der Waals surface area contributed by atoms with Crippen molar-refractivity contribution < 1.29 is 9.47 Å². The lowest BCUT2D eigenvalue weighted by molar-refractivity contribution is 0.299. The van der Waals surface area contributed by atoms with E-state index in [0.29, 0.717) is 5.92 Å². The molecule has 5 heteroatoms. The Morgan fingerprint density at radius 2 is 2.28 bits per heavy atom. The van der Waals surface area contributed by atoms with Crippen LogP contribution in [0.1, 0.15) is 12.1 Å². The van der Waals surface area contributed by atoms with Crippen LogP contribution < -0.4 is 9.47 Å². The lowest BCUT2D eigenvalue weighted by Gasteiger charge is -2.17. The Bertz CT molecular complexity index is 401. The molecule has 1 atom stereocenters. The third-order valence-electron chi connectivity index (χ3n) is 3.33. The average molecular weight is 271 g/mol. The number of aromatic nitrogens is 1. The molecule has 1 aromatic rings. The van der Waals surface area contributed by atoms with E-state index < -0.39 is 0 Å². The maximum atomic E-state index is 5.90. The van der Waals surface area contributed by atoms with Gasteiger partial charge in [0.05, 0.1) is 14.2 Å². The highest BCUT2D eigenvalue weighted by Crippen LogP contribution is 2.30. The van der Waals surface area contributed by atoms with E-state index >= 15 is 0 Å². The van der Waals surface area contributed by atoms with Crippen LogP contribution in [0.2, 0.25) is 0 Å². The molecule has 0 N–H and O–H groups in total. The number of halogens is 1. The molecule has 1 aliphatic rings. The fourth-order valence-corrected chi connectivity index (χ4v) is 2.61. The van der Waals surface area contributed by atoms with Gasteiger partial charge in [-0.05, 0) is 18.9 Å². The van der Waals surface area contributed by atoms with Crippen LogP contribution in [0.25, 0.3) is 0 Å². The van der Waals surface area contributed by atoms with E-state index in [0.717, 1.165) is 49.1 Å². The fraction of sp³-hybridized carbons (Fsp3) is 0.615. The molecule has 1 saturated heterocycles. The van der Waals surface area contributed by atoms with Crippen molar-refractivity contribution in [1.82, 2.24) is 9.88 Å². The van der Waals surface area contributed by atoms with Gasteiger partial charge in [0, 0.05) is 31.2 Å². The number of hydrogen-bond acceptors (Lipinski definition) is 4. The van der Waals surface area contributed by atoms with Crippen molar-refractivity contribution >= 4 is 11.6 Å². The number of ether oxygens (including phenoxy) is 2. The Balaban J connectivity index is 2.09. The van der Waals surface area contributed by atoms with Gasteiger partial charge in [0.1, 0.15) is 5.69 Å². The van der Waals surface area contributed by atoms with Gasteiger partial charge in [-0.3, -0.25) is 9.88 Å². The molecule has 0 amide bonds. The number of rotatable bonds is 5. The molecule has 0 aromatic carbocycles.